The fourth-order valence-corrected chi connectivity index (χ4v) is 0.190. The topological polar surface area (TPSA) is 23.8 Å². The monoisotopic (exact) mass is 92.1 g/mol. The maximum Gasteiger partial charge on any atom is 0.152 e. The number of hydrogen-bond donors (Lipinski definition) is 0. The molecule has 1 heteroatoms. The van der Waals surface area contributed by atoms with E-state index in [4.69, 9.17) is 5.26 Å². The number of unbranched alkanes of at least 4 members (excludes halogenated alkanes) is 1. The molecular weight excluding hydrogens is 86.1 g/mol. The van der Waals surface area contributed by atoms with E-state index < -0.39 is 0 Å². The van der Waals surface area contributed by atoms with Gasteiger partial charge in [-0.25, -0.2) is 0 Å². The largest absolute Gasteiger partial charge is 0.183 e. The Kier molecular flexibility index (Phi) is 4.36. The van der Waals surface area contributed by atoms with Gasteiger partial charge in [0.2, 0.25) is 0 Å². The van der Waals surface area contributed by atoms with Crippen molar-refractivity contribution in [2.24, 2.45) is 0 Å². The van der Waals surface area contributed by atoms with E-state index in [1.165, 1.54) is 0 Å². The zero-order valence-electron chi connectivity index (χ0n) is 4.07. The third-order valence-electron chi connectivity index (χ3n) is 0.446. The SMILES string of the molecule is [CH2]CCC#CC#N. The van der Waals surface area contributed by atoms with Crippen LogP contribution in [-0.4, -0.2) is 0 Å². The van der Waals surface area contributed by atoms with Gasteiger partial charge in [-0.15, -0.1) is 0 Å². The van der Waals surface area contributed by atoms with E-state index in [0.717, 1.165) is 12.8 Å². The van der Waals surface area contributed by atoms with Crippen molar-refractivity contribution in [2.75, 3.05) is 0 Å². The number of rotatable bonds is 1. The van der Waals surface area contributed by atoms with Gasteiger partial charge >= 0.3 is 0 Å². The maximum atomic E-state index is 7.85. The Morgan fingerprint density at radius 1 is 1.57 bits per heavy atom. The van der Waals surface area contributed by atoms with Gasteiger partial charge in [-0.05, 0) is 6.42 Å². The molecule has 0 aliphatic heterocycles. The minimum Gasteiger partial charge on any atom is -0.183 e. The summed E-state index contributed by atoms with van der Waals surface area (Å²) in [5, 5.41) is 7.85. The van der Waals surface area contributed by atoms with Gasteiger partial charge in [-0.1, -0.05) is 12.8 Å². The first-order chi connectivity index (χ1) is 3.41. The van der Waals surface area contributed by atoms with E-state index in [1.54, 1.807) is 6.07 Å². The highest BCUT2D eigenvalue weighted by molar-refractivity contribution is 5.16. The molecule has 0 aromatic carbocycles. The number of nitriles is 1. The van der Waals surface area contributed by atoms with Gasteiger partial charge < -0.3 is 0 Å². The van der Waals surface area contributed by atoms with Crippen molar-refractivity contribution in [3.8, 4) is 17.9 Å². The first kappa shape index (κ1) is 6.05. The minimum absolute atomic E-state index is 0.730. The normalized spacial score (nSPS) is 5.71. The van der Waals surface area contributed by atoms with Gasteiger partial charge in [0.25, 0.3) is 0 Å². The summed E-state index contributed by atoms with van der Waals surface area (Å²) in [7, 11) is 0. The highest BCUT2D eigenvalue weighted by Crippen LogP contribution is 1.78. The second-order valence-electron chi connectivity index (χ2n) is 1.02. The lowest BCUT2D eigenvalue weighted by Gasteiger charge is -1.70. The Bertz CT molecular complexity index is 119. The van der Waals surface area contributed by atoms with Gasteiger partial charge in [0, 0.05) is 12.3 Å². The molecule has 0 rings (SSSR count). The molecule has 0 saturated carbocycles. The predicted molar refractivity (Wildman–Crippen MR) is 28.0 cm³/mol. The molecule has 7 heavy (non-hydrogen) atoms. The van der Waals surface area contributed by atoms with Crippen molar-refractivity contribution in [3.05, 3.63) is 6.92 Å². The Morgan fingerprint density at radius 3 is 2.71 bits per heavy atom. The first-order valence-corrected chi connectivity index (χ1v) is 2.08. The number of hydrogen-bond acceptors (Lipinski definition) is 1. The van der Waals surface area contributed by atoms with Crippen molar-refractivity contribution in [2.45, 2.75) is 12.8 Å². The molecule has 0 spiro atoms. The van der Waals surface area contributed by atoms with Crippen LogP contribution < -0.4 is 0 Å². The highest BCUT2D eigenvalue weighted by atomic mass is 14.2. The molecule has 1 radical (unpaired) electrons. The molecule has 0 bridgehead atoms. The van der Waals surface area contributed by atoms with Gasteiger partial charge in [-0.3, -0.25) is 0 Å². The van der Waals surface area contributed by atoms with Crippen LogP contribution in [0.15, 0.2) is 0 Å². The first-order valence-electron chi connectivity index (χ1n) is 2.08. The third-order valence-corrected chi connectivity index (χ3v) is 0.446. The third kappa shape index (κ3) is 5.05. The van der Waals surface area contributed by atoms with E-state index in [1.807, 2.05) is 0 Å². The van der Waals surface area contributed by atoms with E-state index in [0.29, 0.717) is 0 Å². The van der Waals surface area contributed by atoms with Crippen LogP contribution in [0.1, 0.15) is 12.8 Å². The van der Waals surface area contributed by atoms with E-state index in [2.05, 4.69) is 18.8 Å². The molecule has 0 unspecified atom stereocenters. The van der Waals surface area contributed by atoms with Crippen molar-refractivity contribution < 1.29 is 0 Å². The Morgan fingerprint density at radius 2 is 2.29 bits per heavy atom. The van der Waals surface area contributed by atoms with Crippen molar-refractivity contribution in [1.82, 2.24) is 0 Å². The van der Waals surface area contributed by atoms with E-state index in [9.17, 15) is 0 Å². The summed E-state index contributed by atoms with van der Waals surface area (Å²) in [6.07, 6.45) is 1.52. The minimum atomic E-state index is 0.730. The molecule has 0 aliphatic carbocycles. The highest BCUT2D eigenvalue weighted by Gasteiger charge is 1.65. The van der Waals surface area contributed by atoms with E-state index in [-0.39, 0.29) is 0 Å². The Balaban J connectivity index is 3.13. The predicted octanol–water partition coefficient (Wildman–Crippen LogP) is 1.13. The van der Waals surface area contributed by atoms with Crippen LogP contribution in [0.3, 0.4) is 0 Å². The lowest BCUT2D eigenvalue weighted by Crippen LogP contribution is -1.58. The standard InChI is InChI=1S/C6H6N/c1-2-3-4-5-6-7/h1-3H2. The molecule has 0 aromatic rings. The molecular formula is C6H6N. The zero-order chi connectivity index (χ0) is 5.54. The summed E-state index contributed by atoms with van der Waals surface area (Å²) < 4.78 is 0. The second-order valence-corrected chi connectivity index (χ2v) is 1.02. The molecule has 1 nitrogen and oxygen atoms in total. The van der Waals surface area contributed by atoms with Crippen LogP contribution in [-0.2, 0) is 0 Å². The second kappa shape index (κ2) is 5.05. The summed E-state index contributed by atoms with van der Waals surface area (Å²) in [6, 6.07) is 1.71. The molecule has 0 aliphatic rings. The van der Waals surface area contributed by atoms with Crippen LogP contribution >= 0.6 is 0 Å². The Hall–Kier alpha value is -0.950. The fourth-order valence-electron chi connectivity index (χ4n) is 0.190. The number of nitrogens with zero attached hydrogens (tertiary/aromatic N) is 1. The molecule has 0 fully saturated rings. The zero-order valence-corrected chi connectivity index (χ0v) is 4.07. The van der Waals surface area contributed by atoms with Crippen molar-refractivity contribution >= 4 is 0 Å². The molecule has 35 valence electrons. The summed E-state index contributed by atoms with van der Waals surface area (Å²) >= 11 is 0. The van der Waals surface area contributed by atoms with Gasteiger partial charge in [-0.2, -0.15) is 5.26 Å². The van der Waals surface area contributed by atoms with E-state index >= 15 is 0 Å². The van der Waals surface area contributed by atoms with Crippen LogP contribution in [0.2, 0.25) is 0 Å². The molecule has 0 atom stereocenters. The van der Waals surface area contributed by atoms with Crippen molar-refractivity contribution in [1.29, 1.82) is 5.26 Å². The lowest BCUT2D eigenvalue weighted by atomic mass is 10.3. The molecule has 0 N–H and O–H groups in total. The van der Waals surface area contributed by atoms with Gasteiger partial charge in [0.1, 0.15) is 0 Å². The van der Waals surface area contributed by atoms with Crippen LogP contribution in [0.25, 0.3) is 0 Å². The lowest BCUT2D eigenvalue weighted by molar-refractivity contribution is 1.08. The molecule has 0 saturated heterocycles. The van der Waals surface area contributed by atoms with Gasteiger partial charge in [0.05, 0.1) is 0 Å². The molecule has 0 heterocycles. The summed E-state index contributed by atoms with van der Waals surface area (Å²) in [4.78, 5) is 0. The summed E-state index contributed by atoms with van der Waals surface area (Å²) in [6.45, 7) is 3.55. The van der Waals surface area contributed by atoms with Crippen molar-refractivity contribution in [3.63, 3.8) is 0 Å². The maximum absolute atomic E-state index is 7.85. The average molecular weight is 92.1 g/mol. The average Bonchev–Trinajstić information content (AvgIpc) is 1.69. The molecule has 0 amide bonds. The fraction of sp³-hybridized carbons (Fsp3) is 0.333. The van der Waals surface area contributed by atoms with Gasteiger partial charge in [0.15, 0.2) is 6.07 Å². The molecule has 0 aromatic heterocycles. The summed E-state index contributed by atoms with van der Waals surface area (Å²) in [5.41, 5.74) is 0. The smallest absolute Gasteiger partial charge is 0.152 e. The quantitative estimate of drug-likeness (QED) is 0.445. The Labute approximate surface area is 44.0 Å². The summed E-state index contributed by atoms with van der Waals surface area (Å²) in [5.74, 6) is 4.88. The van der Waals surface area contributed by atoms with Crippen LogP contribution in [0.5, 0.6) is 0 Å². The van der Waals surface area contributed by atoms with Crippen LogP contribution in [0.4, 0.5) is 0 Å². The van der Waals surface area contributed by atoms with Crippen LogP contribution in [0, 0.1) is 30.1 Å².